The molecule has 0 saturated carbocycles. The van der Waals surface area contributed by atoms with E-state index in [1.807, 2.05) is 13.8 Å². The van der Waals surface area contributed by atoms with E-state index in [9.17, 15) is 13.2 Å². The quantitative estimate of drug-likeness (QED) is 0.755. The van der Waals surface area contributed by atoms with E-state index < -0.39 is 12.1 Å². The van der Waals surface area contributed by atoms with Crippen LogP contribution in [0.15, 0.2) is 0 Å². The van der Waals surface area contributed by atoms with Crippen LogP contribution in [-0.2, 0) is 0 Å². The lowest BCUT2D eigenvalue weighted by Gasteiger charge is -2.35. The zero-order valence-corrected chi connectivity index (χ0v) is 10.1. The summed E-state index contributed by atoms with van der Waals surface area (Å²) >= 11 is 1.78. The van der Waals surface area contributed by atoms with Gasteiger partial charge in [0.1, 0.15) is 0 Å². The van der Waals surface area contributed by atoms with Crippen molar-refractivity contribution in [2.45, 2.75) is 30.5 Å². The summed E-state index contributed by atoms with van der Waals surface area (Å²) in [5.41, 5.74) is 0. The molecule has 1 heterocycles. The Labute approximate surface area is 97.8 Å². The summed E-state index contributed by atoms with van der Waals surface area (Å²) in [6, 6.07) is 1.35. The molecule has 92 valence electrons. The Hall–Kier alpha value is -0.410. The Bertz CT molecular complexity index is 264. The number of hydrogen-bond donors (Lipinski definition) is 0. The Morgan fingerprint density at radius 2 is 1.88 bits per heavy atom. The number of alkyl halides is 3. The Kier molecular flexibility index (Phi) is 4.51. The summed E-state index contributed by atoms with van der Waals surface area (Å²) in [7, 11) is 0. The van der Waals surface area contributed by atoms with Crippen LogP contribution >= 0.6 is 11.8 Å². The molecule has 0 aromatic heterocycles. The molecule has 2 nitrogen and oxygen atoms in total. The van der Waals surface area contributed by atoms with E-state index in [2.05, 4.69) is 0 Å². The van der Waals surface area contributed by atoms with Gasteiger partial charge in [-0.15, -0.1) is 0 Å². The molecule has 16 heavy (non-hydrogen) atoms. The fourth-order valence-corrected chi connectivity index (χ4v) is 3.30. The fourth-order valence-electron chi connectivity index (χ4n) is 1.91. The van der Waals surface area contributed by atoms with E-state index in [-0.39, 0.29) is 6.54 Å². The van der Waals surface area contributed by atoms with E-state index in [4.69, 9.17) is 5.26 Å². The summed E-state index contributed by atoms with van der Waals surface area (Å²) in [6.45, 7) is 5.06. The minimum atomic E-state index is -4.41. The molecule has 3 unspecified atom stereocenters. The average Bonchev–Trinajstić information content (AvgIpc) is 2.10. The maximum atomic E-state index is 12.4. The van der Waals surface area contributed by atoms with Crippen LogP contribution in [0, 0.1) is 17.2 Å². The molecular weight excluding hydrogens is 237 g/mol. The number of hydrogen-bond acceptors (Lipinski definition) is 3. The molecule has 0 aromatic carbocycles. The third kappa shape index (κ3) is 3.87. The van der Waals surface area contributed by atoms with E-state index in [1.165, 1.54) is 6.07 Å². The summed E-state index contributed by atoms with van der Waals surface area (Å²) in [4.78, 5) is 1.74. The molecule has 0 amide bonds. The van der Waals surface area contributed by atoms with Crippen molar-refractivity contribution in [3.05, 3.63) is 0 Å². The minimum absolute atomic E-state index is 0.199. The molecule has 1 aliphatic rings. The number of thioether (sulfide) groups is 1. The molecule has 0 aliphatic carbocycles. The normalized spacial score (nSPS) is 29.8. The van der Waals surface area contributed by atoms with Crippen LogP contribution < -0.4 is 0 Å². The van der Waals surface area contributed by atoms with Gasteiger partial charge in [0.25, 0.3) is 0 Å². The highest BCUT2D eigenvalue weighted by molar-refractivity contribution is 8.00. The van der Waals surface area contributed by atoms with E-state index in [0.717, 1.165) is 0 Å². The summed E-state index contributed by atoms with van der Waals surface area (Å²) < 4.78 is 37.2. The summed E-state index contributed by atoms with van der Waals surface area (Å²) in [6.07, 6.45) is -4.41. The van der Waals surface area contributed by atoms with Crippen molar-refractivity contribution in [2.75, 3.05) is 19.6 Å². The van der Waals surface area contributed by atoms with Gasteiger partial charge in [0.15, 0.2) is 5.92 Å². The lowest BCUT2D eigenvalue weighted by atomic mass is 10.1. The van der Waals surface area contributed by atoms with Crippen LogP contribution in [0.3, 0.4) is 0 Å². The molecule has 1 aliphatic heterocycles. The molecule has 0 bridgehead atoms. The molecule has 1 rings (SSSR count). The maximum absolute atomic E-state index is 12.4. The van der Waals surface area contributed by atoms with Crippen LogP contribution in [0.25, 0.3) is 0 Å². The SMILES string of the molecule is CC1CN(CC(C#N)C(F)(F)F)CC(C)S1. The smallest absolute Gasteiger partial charge is 0.300 e. The van der Waals surface area contributed by atoms with Crippen LogP contribution in [0.2, 0.25) is 0 Å². The third-order valence-corrected chi connectivity index (χ3v) is 3.71. The molecule has 1 fully saturated rings. The van der Waals surface area contributed by atoms with Gasteiger partial charge in [-0.2, -0.15) is 30.2 Å². The largest absolute Gasteiger partial charge is 0.405 e. The van der Waals surface area contributed by atoms with Crippen molar-refractivity contribution in [1.82, 2.24) is 4.90 Å². The highest BCUT2D eigenvalue weighted by Crippen LogP contribution is 2.29. The van der Waals surface area contributed by atoms with Crippen molar-refractivity contribution >= 4 is 11.8 Å². The molecule has 1 saturated heterocycles. The fraction of sp³-hybridized carbons (Fsp3) is 0.900. The predicted molar refractivity (Wildman–Crippen MR) is 58.1 cm³/mol. The first kappa shape index (κ1) is 13.7. The lowest BCUT2D eigenvalue weighted by molar-refractivity contribution is -0.163. The second-order valence-corrected chi connectivity index (χ2v) is 6.08. The highest BCUT2D eigenvalue weighted by atomic mass is 32.2. The Balaban J connectivity index is 2.56. The molecule has 0 spiro atoms. The van der Waals surface area contributed by atoms with Gasteiger partial charge in [0.05, 0.1) is 6.07 Å². The first-order valence-corrected chi connectivity index (χ1v) is 6.11. The second-order valence-electron chi connectivity index (χ2n) is 4.20. The van der Waals surface area contributed by atoms with Gasteiger partial charge in [-0.1, -0.05) is 13.8 Å². The molecule has 0 radical (unpaired) electrons. The van der Waals surface area contributed by atoms with Gasteiger partial charge in [-0.25, -0.2) is 0 Å². The van der Waals surface area contributed by atoms with Gasteiger partial charge in [-0.05, 0) is 0 Å². The zero-order chi connectivity index (χ0) is 12.3. The van der Waals surface area contributed by atoms with Crippen molar-refractivity contribution < 1.29 is 13.2 Å². The first-order valence-electron chi connectivity index (χ1n) is 5.17. The Morgan fingerprint density at radius 3 is 2.25 bits per heavy atom. The first-order chi connectivity index (χ1) is 7.32. The average molecular weight is 252 g/mol. The van der Waals surface area contributed by atoms with Gasteiger partial charge >= 0.3 is 6.18 Å². The van der Waals surface area contributed by atoms with E-state index in [1.54, 1.807) is 16.7 Å². The van der Waals surface area contributed by atoms with Crippen LogP contribution in [-0.4, -0.2) is 41.2 Å². The zero-order valence-electron chi connectivity index (χ0n) is 9.29. The molecule has 0 N–H and O–H groups in total. The number of rotatable bonds is 2. The predicted octanol–water partition coefficient (Wildman–Crippen LogP) is 2.51. The number of halogens is 3. The van der Waals surface area contributed by atoms with Crippen molar-refractivity contribution in [3.63, 3.8) is 0 Å². The van der Waals surface area contributed by atoms with Crippen LogP contribution in [0.4, 0.5) is 13.2 Å². The van der Waals surface area contributed by atoms with Crippen LogP contribution in [0.1, 0.15) is 13.8 Å². The van der Waals surface area contributed by atoms with E-state index >= 15 is 0 Å². The van der Waals surface area contributed by atoms with Crippen molar-refractivity contribution in [3.8, 4) is 6.07 Å². The second kappa shape index (κ2) is 5.28. The maximum Gasteiger partial charge on any atom is 0.405 e. The summed E-state index contributed by atoms with van der Waals surface area (Å²) in [5.74, 6) is -1.87. The van der Waals surface area contributed by atoms with Crippen LogP contribution in [0.5, 0.6) is 0 Å². The topological polar surface area (TPSA) is 27.0 Å². The van der Waals surface area contributed by atoms with Gasteiger partial charge in [0, 0.05) is 30.1 Å². The van der Waals surface area contributed by atoms with Gasteiger partial charge < -0.3 is 0 Å². The summed E-state index contributed by atoms with van der Waals surface area (Å²) in [5, 5.41) is 9.18. The molecule has 6 heteroatoms. The van der Waals surface area contributed by atoms with E-state index in [0.29, 0.717) is 23.6 Å². The standard InChI is InChI=1S/C10H15F3N2S/c1-7-4-15(5-8(2)16-7)6-9(3-14)10(11,12)13/h7-9H,4-6H2,1-2H3. The monoisotopic (exact) mass is 252 g/mol. The number of nitrogens with zero attached hydrogens (tertiary/aromatic N) is 2. The lowest BCUT2D eigenvalue weighted by Crippen LogP contribution is -2.45. The Morgan fingerprint density at radius 1 is 1.38 bits per heavy atom. The molecular formula is C10H15F3N2S. The van der Waals surface area contributed by atoms with Gasteiger partial charge in [0.2, 0.25) is 0 Å². The third-order valence-electron chi connectivity index (χ3n) is 2.49. The van der Waals surface area contributed by atoms with Crippen molar-refractivity contribution in [2.24, 2.45) is 5.92 Å². The molecule has 0 aromatic rings. The minimum Gasteiger partial charge on any atom is -0.300 e. The molecule has 3 atom stereocenters. The number of nitriles is 1. The highest BCUT2D eigenvalue weighted by Gasteiger charge is 2.41. The van der Waals surface area contributed by atoms with Crippen molar-refractivity contribution in [1.29, 1.82) is 5.26 Å². The van der Waals surface area contributed by atoms with Gasteiger partial charge in [-0.3, -0.25) is 4.90 Å².